The molecule has 0 saturated heterocycles. The normalized spacial score (nSPS) is 11.9. The van der Waals surface area contributed by atoms with Gasteiger partial charge in [-0.05, 0) is 24.0 Å². The molecular formula is C15H19NO2. The molecule has 2 aromatic rings. The highest BCUT2D eigenvalue weighted by Crippen LogP contribution is 2.24. The molecule has 2 rings (SSSR count). The molecule has 0 amide bonds. The van der Waals surface area contributed by atoms with Gasteiger partial charge in [-0.3, -0.25) is 0 Å². The van der Waals surface area contributed by atoms with Gasteiger partial charge in [-0.1, -0.05) is 39.0 Å². The predicted octanol–water partition coefficient (Wildman–Crippen LogP) is 3.78. The zero-order valence-corrected chi connectivity index (χ0v) is 11.1. The van der Waals surface area contributed by atoms with Crippen LogP contribution in [0.25, 0.3) is 10.9 Å². The fourth-order valence-corrected chi connectivity index (χ4v) is 2.08. The van der Waals surface area contributed by atoms with Crippen LogP contribution in [0.5, 0.6) is 0 Å². The van der Waals surface area contributed by atoms with Crippen LogP contribution in [0.1, 0.15) is 37.7 Å². The summed E-state index contributed by atoms with van der Waals surface area (Å²) in [6.45, 7) is 7.23. The fourth-order valence-electron chi connectivity index (χ4n) is 2.08. The lowest BCUT2D eigenvalue weighted by Crippen LogP contribution is -2.14. The summed E-state index contributed by atoms with van der Waals surface area (Å²) in [4.78, 5) is 11.3. The van der Waals surface area contributed by atoms with E-state index < -0.39 is 5.97 Å². The van der Waals surface area contributed by atoms with Crippen molar-refractivity contribution in [2.45, 2.75) is 33.7 Å². The van der Waals surface area contributed by atoms with Crippen LogP contribution >= 0.6 is 0 Å². The van der Waals surface area contributed by atoms with Crippen LogP contribution < -0.4 is 0 Å². The lowest BCUT2D eigenvalue weighted by molar-refractivity contribution is 0.0684. The van der Waals surface area contributed by atoms with Crippen molar-refractivity contribution < 1.29 is 9.90 Å². The molecule has 1 aromatic heterocycles. The van der Waals surface area contributed by atoms with Gasteiger partial charge in [0.1, 0.15) is 5.69 Å². The number of hydrogen-bond acceptors (Lipinski definition) is 1. The Morgan fingerprint density at radius 1 is 1.28 bits per heavy atom. The molecule has 0 saturated carbocycles. The first kappa shape index (κ1) is 12.7. The number of fused-ring (bicyclic) bond motifs is 1. The molecule has 0 fully saturated rings. The van der Waals surface area contributed by atoms with Gasteiger partial charge in [0.25, 0.3) is 0 Å². The quantitative estimate of drug-likeness (QED) is 0.894. The van der Waals surface area contributed by atoms with Gasteiger partial charge in [0.15, 0.2) is 0 Å². The van der Waals surface area contributed by atoms with E-state index in [9.17, 15) is 9.90 Å². The number of aryl methyl sites for hydroxylation is 1. The van der Waals surface area contributed by atoms with Gasteiger partial charge in [0.05, 0.1) is 0 Å². The van der Waals surface area contributed by atoms with Gasteiger partial charge in [-0.15, -0.1) is 0 Å². The Hall–Kier alpha value is -1.77. The predicted molar refractivity (Wildman–Crippen MR) is 73.0 cm³/mol. The molecule has 1 N–H and O–H groups in total. The van der Waals surface area contributed by atoms with Gasteiger partial charge in [-0.25, -0.2) is 4.79 Å². The molecular weight excluding hydrogens is 226 g/mol. The summed E-state index contributed by atoms with van der Waals surface area (Å²) in [5.41, 5.74) is 1.57. The molecule has 96 valence electrons. The zero-order valence-electron chi connectivity index (χ0n) is 11.1. The van der Waals surface area contributed by atoms with Crippen LogP contribution in [0, 0.1) is 5.41 Å². The third-order valence-corrected chi connectivity index (χ3v) is 3.12. The molecule has 0 unspecified atom stereocenters. The van der Waals surface area contributed by atoms with E-state index in [0.717, 1.165) is 23.9 Å². The standard InChI is InChI=1S/C15H19NO2/c1-15(2,3)8-9-16-12-7-5-4-6-11(12)10-13(16)14(17)18/h4-7,10H,8-9H2,1-3H3,(H,17,18). The molecule has 0 aliphatic carbocycles. The summed E-state index contributed by atoms with van der Waals surface area (Å²) >= 11 is 0. The molecule has 3 nitrogen and oxygen atoms in total. The minimum atomic E-state index is -0.861. The fraction of sp³-hybridized carbons (Fsp3) is 0.400. The Morgan fingerprint density at radius 2 is 1.94 bits per heavy atom. The van der Waals surface area contributed by atoms with Crippen molar-refractivity contribution in [3.05, 3.63) is 36.0 Å². The maximum atomic E-state index is 11.3. The van der Waals surface area contributed by atoms with Crippen LogP contribution in [0.3, 0.4) is 0 Å². The molecule has 0 bridgehead atoms. The minimum Gasteiger partial charge on any atom is -0.477 e. The van der Waals surface area contributed by atoms with Gasteiger partial charge in [0, 0.05) is 17.4 Å². The number of aromatic carboxylic acids is 1. The van der Waals surface area contributed by atoms with Crippen LogP contribution in [0.2, 0.25) is 0 Å². The summed E-state index contributed by atoms with van der Waals surface area (Å²) in [5, 5.41) is 10.3. The van der Waals surface area contributed by atoms with Gasteiger partial charge in [-0.2, -0.15) is 0 Å². The number of benzene rings is 1. The summed E-state index contributed by atoms with van der Waals surface area (Å²) in [7, 11) is 0. The third kappa shape index (κ3) is 2.55. The Kier molecular flexibility index (Phi) is 3.16. The molecule has 18 heavy (non-hydrogen) atoms. The van der Waals surface area contributed by atoms with Gasteiger partial charge in [0.2, 0.25) is 0 Å². The van der Waals surface area contributed by atoms with E-state index in [2.05, 4.69) is 20.8 Å². The Balaban J connectivity index is 2.45. The Bertz CT molecular complexity index is 576. The monoisotopic (exact) mass is 245 g/mol. The van der Waals surface area contributed by atoms with E-state index in [1.165, 1.54) is 0 Å². The average molecular weight is 245 g/mol. The molecule has 0 atom stereocenters. The van der Waals surface area contributed by atoms with E-state index in [1.807, 2.05) is 28.8 Å². The van der Waals surface area contributed by atoms with Crippen LogP contribution in [-0.4, -0.2) is 15.6 Å². The summed E-state index contributed by atoms with van der Waals surface area (Å²) in [6.07, 6.45) is 0.950. The average Bonchev–Trinajstić information content (AvgIpc) is 2.64. The number of nitrogens with zero attached hydrogens (tertiary/aromatic N) is 1. The van der Waals surface area contributed by atoms with Crippen LogP contribution in [0.15, 0.2) is 30.3 Å². The first-order valence-electron chi connectivity index (χ1n) is 6.20. The van der Waals surface area contributed by atoms with Gasteiger partial charge < -0.3 is 9.67 Å². The molecule has 0 spiro atoms. The highest BCUT2D eigenvalue weighted by Gasteiger charge is 2.17. The van der Waals surface area contributed by atoms with E-state index >= 15 is 0 Å². The SMILES string of the molecule is CC(C)(C)CCn1c(C(=O)O)cc2ccccc21. The van der Waals surface area contributed by atoms with Crippen LogP contribution in [-0.2, 0) is 6.54 Å². The topological polar surface area (TPSA) is 42.2 Å². The summed E-state index contributed by atoms with van der Waals surface area (Å²) in [5.74, 6) is -0.861. The lowest BCUT2D eigenvalue weighted by Gasteiger charge is -2.19. The highest BCUT2D eigenvalue weighted by atomic mass is 16.4. The largest absolute Gasteiger partial charge is 0.477 e. The lowest BCUT2D eigenvalue weighted by atomic mass is 9.92. The second kappa shape index (κ2) is 4.48. The van der Waals surface area contributed by atoms with E-state index in [-0.39, 0.29) is 5.41 Å². The molecule has 0 aliphatic rings. The number of aromatic nitrogens is 1. The zero-order chi connectivity index (χ0) is 13.3. The maximum absolute atomic E-state index is 11.3. The number of carboxylic acid groups (broad SMARTS) is 1. The summed E-state index contributed by atoms with van der Waals surface area (Å²) in [6, 6.07) is 9.56. The number of carbonyl (C=O) groups is 1. The number of rotatable bonds is 3. The molecule has 0 aliphatic heterocycles. The van der Waals surface area contributed by atoms with Crippen LogP contribution in [0.4, 0.5) is 0 Å². The van der Waals surface area contributed by atoms with E-state index in [4.69, 9.17) is 0 Å². The Labute approximate surface area is 107 Å². The maximum Gasteiger partial charge on any atom is 0.352 e. The second-order valence-electron chi connectivity index (χ2n) is 5.86. The molecule has 1 aromatic carbocycles. The van der Waals surface area contributed by atoms with E-state index in [0.29, 0.717) is 5.69 Å². The third-order valence-electron chi connectivity index (χ3n) is 3.12. The van der Waals surface area contributed by atoms with Crippen molar-refractivity contribution in [1.82, 2.24) is 4.57 Å². The first-order chi connectivity index (χ1) is 8.38. The highest BCUT2D eigenvalue weighted by molar-refractivity contribution is 5.94. The second-order valence-corrected chi connectivity index (χ2v) is 5.86. The van der Waals surface area contributed by atoms with Crippen molar-refractivity contribution in [3.63, 3.8) is 0 Å². The van der Waals surface area contributed by atoms with Crippen molar-refractivity contribution in [3.8, 4) is 0 Å². The minimum absolute atomic E-state index is 0.196. The van der Waals surface area contributed by atoms with Crippen molar-refractivity contribution >= 4 is 16.9 Å². The Morgan fingerprint density at radius 3 is 2.56 bits per heavy atom. The first-order valence-corrected chi connectivity index (χ1v) is 6.20. The van der Waals surface area contributed by atoms with Gasteiger partial charge >= 0.3 is 5.97 Å². The van der Waals surface area contributed by atoms with Crippen molar-refractivity contribution in [1.29, 1.82) is 0 Å². The van der Waals surface area contributed by atoms with Crippen molar-refractivity contribution in [2.75, 3.05) is 0 Å². The smallest absolute Gasteiger partial charge is 0.352 e. The number of para-hydroxylation sites is 1. The number of hydrogen-bond donors (Lipinski definition) is 1. The molecule has 0 radical (unpaired) electrons. The molecule has 1 heterocycles. The summed E-state index contributed by atoms with van der Waals surface area (Å²) < 4.78 is 1.91. The van der Waals surface area contributed by atoms with E-state index in [1.54, 1.807) is 6.07 Å². The molecule has 3 heteroatoms. The van der Waals surface area contributed by atoms with Crippen molar-refractivity contribution in [2.24, 2.45) is 5.41 Å². The number of carboxylic acids is 1.